The van der Waals surface area contributed by atoms with Crippen molar-refractivity contribution in [2.45, 2.75) is 31.7 Å². The van der Waals surface area contributed by atoms with Crippen LogP contribution in [0.4, 0.5) is 0 Å². The minimum atomic E-state index is -0.472. The first-order valence-corrected chi connectivity index (χ1v) is 4.50. The minimum absolute atomic E-state index is 0. The normalized spacial score (nSPS) is 11.3. The van der Waals surface area contributed by atoms with Crippen LogP contribution in [0.2, 0.25) is 5.54 Å². The van der Waals surface area contributed by atoms with E-state index < -0.39 is 5.44 Å². The smallest absolute Gasteiger partial charge is 0.0936 e. The van der Waals surface area contributed by atoms with Crippen molar-refractivity contribution in [2.75, 3.05) is 0 Å². The summed E-state index contributed by atoms with van der Waals surface area (Å²) < 4.78 is 0. The lowest BCUT2D eigenvalue weighted by Crippen LogP contribution is -1.79. The molecule has 4 heteroatoms. The number of aliphatic hydroxyl groups is 1. The van der Waals surface area contributed by atoms with Crippen LogP contribution >= 0.6 is 12.6 Å². The second-order valence-corrected chi connectivity index (χ2v) is 5.42. The predicted octanol–water partition coefficient (Wildman–Crippen LogP) is -0.390. The maximum Gasteiger partial charge on any atom is 0.0936 e. The summed E-state index contributed by atoms with van der Waals surface area (Å²) in [6.07, 6.45) is 0. The van der Waals surface area contributed by atoms with Crippen LogP contribution in [0.3, 0.4) is 0 Å². The Morgan fingerprint density at radius 2 is 1.33 bits per heavy atom. The summed E-state index contributed by atoms with van der Waals surface area (Å²) in [6, 6.07) is 0. The first-order valence-electron chi connectivity index (χ1n) is 2.83. The van der Waals surface area contributed by atoms with Gasteiger partial charge in [0.15, 0.2) is 0 Å². The van der Waals surface area contributed by atoms with Gasteiger partial charge in [0, 0.05) is 10.2 Å². The van der Waals surface area contributed by atoms with Crippen molar-refractivity contribution < 1.29 is 10.6 Å². The van der Waals surface area contributed by atoms with Crippen LogP contribution in [0.25, 0.3) is 0 Å². The van der Waals surface area contributed by atoms with Gasteiger partial charge in [0.1, 0.15) is 0 Å². The highest BCUT2D eigenvalue weighted by Crippen LogP contribution is 1.84. The van der Waals surface area contributed by atoms with Crippen molar-refractivity contribution in [3.8, 4) is 0 Å². The first kappa shape index (κ1) is 16.2. The van der Waals surface area contributed by atoms with Crippen LogP contribution in [0.1, 0.15) is 20.8 Å². The molecule has 0 spiro atoms. The molecular weight excluding hydrogens is 152 g/mol. The zero-order chi connectivity index (χ0) is 7.15. The maximum atomic E-state index is 7.92. The summed E-state index contributed by atoms with van der Waals surface area (Å²) in [6.45, 7) is 6.04. The molecule has 0 aliphatic rings. The molecule has 0 amide bonds. The van der Waals surface area contributed by atoms with E-state index in [4.69, 9.17) is 5.11 Å². The molecule has 0 fully saturated rings. The molecule has 0 aromatic heterocycles. The van der Waals surface area contributed by atoms with Crippen LogP contribution in [0.5, 0.6) is 0 Å². The third-order valence-electron chi connectivity index (χ3n) is 0. The van der Waals surface area contributed by atoms with Crippen molar-refractivity contribution in [3.63, 3.8) is 0 Å². The van der Waals surface area contributed by atoms with Gasteiger partial charge in [0.25, 0.3) is 0 Å². The lowest BCUT2D eigenvalue weighted by molar-refractivity contribution is 0.286. The highest BCUT2D eigenvalue weighted by Gasteiger charge is 1.70. The van der Waals surface area contributed by atoms with E-state index in [9.17, 15) is 0 Å². The molecule has 0 aromatic carbocycles. The predicted molar refractivity (Wildman–Crippen MR) is 49.3 cm³/mol. The highest BCUT2D eigenvalue weighted by atomic mass is 32.1. The van der Waals surface area contributed by atoms with E-state index in [0.29, 0.717) is 0 Å². The van der Waals surface area contributed by atoms with Crippen molar-refractivity contribution in [3.05, 3.63) is 0 Å². The zero-order valence-corrected chi connectivity index (χ0v) is 9.44. The fourth-order valence-corrected chi connectivity index (χ4v) is 0. The Bertz CT molecular complexity index is 30.4. The van der Waals surface area contributed by atoms with Crippen molar-refractivity contribution in [1.82, 2.24) is 0 Å². The van der Waals surface area contributed by atoms with Gasteiger partial charge in [-0.05, 0) is 6.92 Å². The summed E-state index contributed by atoms with van der Waals surface area (Å²) in [5.41, 5.74) is 0.500. The Kier molecular flexibility index (Phi) is 20.4. The molecule has 0 aliphatic heterocycles. The Morgan fingerprint density at radius 3 is 1.33 bits per heavy atom. The van der Waals surface area contributed by atoms with Gasteiger partial charge in [-0.3, -0.25) is 0 Å². The highest BCUT2D eigenvalue weighted by molar-refractivity contribution is 7.80. The molecule has 60 valence electrons. The van der Waals surface area contributed by atoms with Gasteiger partial charge < -0.3 is 10.6 Å². The number of hydrogen-bond acceptors (Lipinski definition) is 2. The molecule has 2 nitrogen and oxygen atoms in total. The standard InChI is InChI=1S/C3H10Si.C2H6OS.H2O/c1-3(2)4;1-2(3)4;/h3H,1-2,4H3;2-4H,1H3;1H2. The van der Waals surface area contributed by atoms with Crippen LogP contribution < -0.4 is 0 Å². The Hall–Kier alpha value is 0.487. The SMILES string of the molecule is CC(C)[SiH3].CC(O)S.O. The van der Waals surface area contributed by atoms with E-state index in [2.05, 4.69) is 26.5 Å². The fourth-order valence-electron chi connectivity index (χ4n) is 0. The van der Waals surface area contributed by atoms with Gasteiger partial charge in [-0.2, -0.15) is 0 Å². The van der Waals surface area contributed by atoms with Gasteiger partial charge in [-0.1, -0.05) is 19.4 Å². The van der Waals surface area contributed by atoms with Crippen LogP contribution in [-0.4, -0.2) is 26.3 Å². The van der Waals surface area contributed by atoms with Crippen LogP contribution in [-0.2, 0) is 0 Å². The van der Waals surface area contributed by atoms with E-state index in [1.165, 1.54) is 10.2 Å². The summed E-state index contributed by atoms with van der Waals surface area (Å²) in [5.74, 6) is 0. The molecule has 0 rings (SSSR count). The third kappa shape index (κ3) is 1510. The summed E-state index contributed by atoms with van der Waals surface area (Å²) in [5, 5.41) is 7.92. The molecule has 1 atom stereocenters. The third-order valence-corrected chi connectivity index (χ3v) is 0. The van der Waals surface area contributed by atoms with Gasteiger partial charge in [-0.25, -0.2) is 0 Å². The number of hydrogen-bond donors (Lipinski definition) is 2. The lowest BCUT2D eigenvalue weighted by atomic mass is 10.6. The molecule has 0 aliphatic carbocycles. The molecule has 0 saturated heterocycles. The summed E-state index contributed by atoms with van der Waals surface area (Å²) >= 11 is 3.52. The monoisotopic (exact) mass is 170 g/mol. The van der Waals surface area contributed by atoms with Gasteiger partial charge >= 0.3 is 0 Å². The molecular formula is C5H18O2SSi. The van der Waals surface area contributed by atoms with Gasteiger partial charge in [0.05, 0.1) is 5.44 Å². The molecule has 1 unspecified atom stereocenters. The molecule has 0 saturated carbocycles. The van der Waals surface area contributed by atoms with E-state index in [1.807, 2.05) is 0 Å². The minimum Gasteiger partial charge on any atom is -0.412 e. The van der Waals surface area contributed by atoms with Crippen molar-refractivity contribution in [1.29, 1.82) is 0 Å². The fraction of sp³-hybridized carbons (Fsp3) is 1.00. The number of rotatable bonds is 0. The Labute approximate surface area is 65.8 Å². The maximum absolute atomic E-state index is 7.92. The molecule has 0 bridgehead atoms. The van der Waals surface area contributed by atoms with E-state index >= 15 is 0 Å². The molecule has 0 heterocycles. The quantitative estimate of drug-likeness (QED) is 0.290. The zero-order valence-electron chi connectivity index (χ0n) is 6.55. The number of thiol groups is 1. The largest absolute Gasteiger partial charge is 0.412 e. The number of aliphatic hydroxyl groups excluding tert-OH is 1. The van der Waals surface area contributed by atoms with Crippen LogP contribution in [0, 0.1) is 0 Å². The van der Waals surface area contributed by atoms with E-state index in [1.54, 1.807) is 6.92 Å². The second kappa shape index (κ2) is 11.3. The first-order chi connectivity index (χ1) is 3.46. The van der Waals surface area contributed by atoms with Crippen molar-refractivity contribution >= 4 is 22.9 Å². The molecule has 0 radical (unpaired) electrons. The average molecular weight is 170 g/mol. The Balaban J connectivity index is -0.0000000720. The molecule has 9 heavy (non-hydrogen) atoms. The molecule has 0 aromatic rings. The molecule has 3 N–H and O–H groups in total. The average Bonchev–Trinajstić information content (AvgIpc) is 1.25. The van der Waals surface area contributed by atoms with Crippen molar-refractivity contribution in [2.24, 2.45) is 0 Å². The lowest BCUT2D eigenvalue weighted by Gasteiger charge is -1.79. The van der Waals surface area contributed by atoms with E-state index in [0.717, 1.165) is 5.54 Å². The topological polar surface area (TPSA) is 51.7 Å². The summed E-state index contributed by atoms with van der Waals surface area (Å²) in [4.78, 5) is 0. The second-order valence-electron chi connectivity index (χ2n) is 2.36. The van der Waals surface area contributed by atoms with Crippen LogP contribution in [0.15, 0.2) is 0 Å². The van der Waals surface area contributed by atoms with Gasteiger partial charge in [0.2, 0.25) is 0 Å². The van der Waals surface area contributed by atoms with Gasteiger partial charge in [-0.15, -0.1) is 12.6 Å². The van der Waals surface area contributed by atoms with E-state index in [-0.39, 0.29) is 5.48 Å². The Morgan fingerprint density at radius 1 is 1.33 bits per heavy atom. The summed E-state index contributed by atoms with van der Waals surface area (Å²) in [7, 11) is 1.35.